The van der Waals surface area contributed by atoms with E-state index in [0.29, 0.717) is 17.1 Å². The molecule has 0 bridgehead atoms. The Morgan fingerprint density at radius 2 is 1.95 bits per heavy atom. The van der Waals surface area contributed by atoms with Gasteiger partial charge in [0.05, 0.1) is 16.9 Å². The Labute approximate surface area is 126 Å². The molecule has 21 heavy (non-hydrogen) atoms. The van der Waals surface area contributed by atoms with Crippen LogP contribution in [0.15, 0.2) is 42.5 Å². The second-order valence-electron chi connectivity index (χ2n) is 4.59. The number of nitriles is 1. The molecule has 2 aromatic carbocycles. The fourth-order valence-electron chi connectivity index (χ4n) is 2.02. The van der Waals surface area contributed by atoms with E-state index in [0.717, 1.165) is 11.1 Å². The number of non-ortho nitro benzene ring substituents is 1. The van der Waals surface area contributed by atoms with E-state index in [4.69, 9.17) is 17.3 Å². The SMILES string of the molecule is N#CC(Cc1ccc(N)cc1Cl)c1ccc([N+](=O)[O-])cc1. The molecule has 0 radical (unpaired) electrons. The molecule has 0 aliphatic carbocycles. The van der Waals surface area contributed by atoms with Gasteiger partial charge in [0.15, 0.2) is 0 Å². The molecule has 0 spiro atoms. The number of nitrogen functional groups attached to an aromatic ring is 1. The van der Waals surface area contributed by atoms with Crippen LogP contribution in [0.1, 0.15) is 17.0 Å². The predicted molar refractivity (Wildman–Crippen MR) is 81.0 cm³/mol. The van der Waals surface area contributed by atoms with E-state index < -0.39 is 10.8 Å². The number of halogens is 1. The molecule has 2 aromatic rings. The molecular weight excluding hydrogens is 290 g/mol. The normalized spacial score (nSPS) is 11.6. The molecule has 1 atom stereocenters. The second kappa shape index (κ2) is 6.25. The van der Waals surface area contributed by atoms with Crippen LogP contribution in [0.4, 0.5) is 11.4 Å². The van der Waals surface area contributed by atoms with Gasteiger partial charge in [0.25, 0.3) is 5.69 Å². The third kappa shape index (κ3) is 3.50. The summed E-state index contributed by atoms with van der Waals surface area (Å²) < 4.78 is 0. The first kappa shape index (κ1) is 14.8. The Morgan fingerprint density at radius 3 is 2.48 bits per heavy atom. The molecular formula is C15H12ClN3O2. The standard InChI is InChI=1S/C15H12ClN3O2/c16-15-8-13(18)4-1-11(15)7-12(9-17)10-2-5-14(6-3-10)19(20)21/h1-6,8,12H,7,18H2. The molecule has 0 aliphatic rings. The zero-order valence-corrected chi connectivity index (χ0v) is 11.7. The van der Waals surface area contributed by atoms with Crippen LogP contribution in [0, 0.1) is 21.4 Å². The highest BCUT2D eigenvalue weighted by Gasteiger charge is 2.15. The van der Waals surface area contributed by atoms with Crippen LogP contribution in [0.25, 0.3) is 0 Å². The summed E-state index contributed by atoms with van der Waals surface area (Å²) in [5.74, 6) is -0.424. The maximum atomic E-state index is 10.6. The zero-order chi connectivity index (χ0) is 15.4. The highest BCUT2D eigenvalue weighted by molar-refractivity contribution is 6.31. The van der Waals surface area contributed by atoms with Gasteiger partial charge in [0.1, 0.15) is 0 Å². The van der Waals surface area contributed by atoms with Gasteiger partial charge in [-0.15, -0.1) is 0 Å². The zero-order valence-electron chi connectivity index (χ0n) is 11.0. The van der Waals surface area contributed by atoms with Crippen molar-refractivity contribution in [1.82, 2.24) is 0 Å². The predicted octanol–water partition coefficient (Wildman–Crippen LogP) is 3.68. The van der Waals surface area contributed by atoms with Gasteiger partial charge in [0, 0.05) is 22.8 Å². The minimum Gasteiger partial charge on any atom is -0.399 e. The van der Waals surface area contributed by atoms with Gasteiger partial charge in [-0.05, 0) is 29.7 Å². The number of hydrogen-bond acceptors (Lipinski definition) is 4. The van der Waals surface area contributed by atoms with Crippen molar-refractivity contribution in [2.75, 3.05) is 5.73 Å². The lowest BCUT2D eigenvalue weighted by Crippen LogP contribution is -2.02. The number of nitrogens with two attached hydrogens (primary N) is 1. The number of rotatable bonds is 4. The quantitative estimate of drug-likeness (QED) is 0.529. The van der Waals surface area contributed by atoms with E-state index in [1.54, 1.807) is 30.3 Å². The molecule has 6 heteroatoms. The molecule has 1 unspecified atom stereocenters. The summed E-state index contributed by atoms with van der Waals surface area (Å²) in [4.78, 5) is 10.2. The van der Waals surface area contributed by atoms with Crippen molar-refractivity contribution < 1.29 is 4.92 Å². The molecule has 2 rings (SSSR count). The fraction of sp³-hybridized carbons (Fsp3) is 0.133. The lowest BCUT2D eigenvalue weighted by molar-refractivity contribution is -0.384. The molecule has 0 fully saturated rings. The number of hydrogen-bond donors (Lipinski definition) is 1. The molecule has 106 valence electrons. The van der Waals surface area contributed by atoms with Crippen molar-refractivity contribution in [2.24, 2.45) is 0 Å². The van der Waals surface area contributed by atoms with E-state index in [-0.39, 0.29) is 5.69 Å². The average Bonchev–Trinajstić information content (AvgIpc) is 2.47. The minimum absolute atomic E-state index is 0.000886. The molecule has 0 saturated heterocycles. The topological polar surface area (TPSA) is 93.0 Å². The molecule has 5 nitrogen and oxygen atoms in total. The summed E-state index contributed by atoms with van der Waals surface area (Å²) in [5.41, 5.74) is 7.73. The third-order valence-corrected chi connectivity index (χ3v) is 3.52. The van der Waals surface area contributed by atoms with Crippen molar-refractivity contribution in [2.45, 2.75) is 12.3 Å². The Kier molecular flexibility index (Phi) is 4.41. The van der Waals surface area contributed by atoms with Crippen molar-refractivity contribution in [1.29, 1.82) is 5.26 Å². The Balaban J connectivity index is 2.24. The lowest BCUT2D eigenvalue weighted by Gasteiger charge is -2.11. The van der Waals surface area contributed by atoms with E-state index in [1.165, 1.54) is 12.1 Å². The number of anilines is 1. The molecule has 0 aliphatic heterocycles. The van der Waals surface area contributed by atoms with Crippen LogP contribution in [-0.2, 0) is 6.42 Å². The van der Waals surface area contributed by atoms with Gasteiger partial charge in [-0.2, -0.15) is 5.26 Å². The van der Waals surface area contributed by atoms with Crippen LogP contribution < -0.4 is 5.73 Å². The maximum Gasteiger partial charge on any atom is 0.269 e. The van der Waals surface area contributed by atoms with Gasteiger partial charge in [-0.25, -0.2) is 0 Å². The molecule has 0 heterocycles. The summed E-state index contributed by atoms with van der Waals surface area (Å²) in [6.07, 6.45) is 0.424. The van der Waals surface area contributed by atoms with Crippen LogP contribution in [0.3, 0.4) is 0 Å². The van der Waals surface area contributed by atoms with Crippen molar-refractivity contribution in [3.05, 3.63) is 68.7 Å². The maximum absolute atomic E-state index is 10.6. The molecule has 2 N–H and O–H groups in total. The van der Waals surface area contributed by atoms with Crippen LogP contribution in [-0.4, -0.2) is 4.92 Å². The first-order valence-electron chi connectivity index (χ1n) is 6.19. The number of nitro benzene ring substituents is 1. The summed E-state index contributed by atoms with van der Waals surface area (Å²) in [6.45, 7) is 0. The van der Waals surface area contributed by atoms with Gasteiger partial charge in [-0.3, -0.25) is 10.1 Å². The summed E-state index contributed by atoms with van der Waals surface area (Å²) in [7, 11) is 0. The molecule has 0 saturated carbocycles. The van der Waals surface area contributed by atoms with Crippen LogP contribution in [0.2, 0.25) is 5.02 Å². The average molecular weight is 302 g/mol. The first-order valence-corrected chi connectivity index (χ1v) is 6.57. The highest BCUT2D eigenvalue weighted by atomic mass is 35.5. The molecule has 0 amide bonds. The van der Waals surface area contributed by atoms with Gasteiger partial charge in [-0.1, -0.05) is 29.8 Å². The highest BCUT2D eigenvalue weighted by Crippen LogP contribution is 2.27. The van der Waals surface area contributed by atoms with Gasteiger partial charge in [0.2, 0.25) is 0 Å². The number of nitro groups is 1. The van der Waals surface area contributed by atoms with E-state index in [9.17, 15) is 15.4 Å². The van der Waals surface area contributed by atoms with Crippen molar-refractivity contribution in [3.63, 3.8) is 0 Å². The second-order valence-corrected chi connectivity index (χ2v) is 4.99. The van der Waals surface area contributed by atoms with Crippen molar-refractivity contribution in [3.8, 4) is 6.07 Å². The third-order valence-electron chi connectivity index (χ3n) is 3.16. The summed E-state index contributed by atoms with van der Waals surface area (Å²) in [6, 6.07) is 13.3. The largest absolute Gasteiger partial charge is 0.399 e. The van der Waals surface area contributed by atoms with Gasteiger partial charge < -0.3 is 5.73 Å². The Bertz CT molecular complexity index is 708. The minimum atomic E-state index is -0.470. The summed E-state index contributed by atoms with van der Waals surface area (Å²) >= 11 is 6.11. The monoisotopic (exact) mass is 301 g/mol. The first-order chi connectivity index (χ1) is 10.0. The Hall–Kier alpha value is -2.58. The Morgan fingerprint density at radius 1 is 1.29 bits per heavy atom. The molecule has 0 aromatic heterocycles. The van der Waals surface area contributed by atoms with E-state index in [1.807, 2.05) is 0 Å². The van der Waals surface area contributed by atoms with E-state index in [2.05, 4.69) is 6.07 Å². The van der Waals surface area contributed by atoms with Crippen molar-refractivity contribution >= 4 is 23.0 Å². The van der Waals surface area contributed by atoms with Crippen LogP contribution in [0.5, 0.6) is 0 Å². The fourth-order valence-corrected chi connectivity index (χ4v) is 2.28. The van der Waals surface area contributed by atoms with Gasteiger partial charge >= 0.3 is 0 Å². The lowest BCUT2D eigenvalue weighted by atomic mass is 9.93. The number of benzene rings is 2. The number of nitrogens with zero attached hydrogens (tertiary/aromatic N) is 2. The summed E-state index contributed by atoms with van der Waals surface area (Å²) in [5, 5.41) is 20.5. The van der Waals surface area contributed by atoms with E-state index >= 15 is 0 Å². The van der Waals surface area contributed by atoms with Crippen LogP contribution >= 0.6 is 11.6 Å². The smallest absolute Gasteiger partial charge is 0.269 e.